The molecule has 0 bridgehead atoms. The molecule has 0 spiro atoms. The van der Waals surface area contributed by atoms with Crippen LogP contribution in [0.25, 0.3) is 0 Å². The molecule has 0 saturated carbocycles. The molecule has 1 aromatic heterocycles. The second-order valence-corrected chi connectivity index (χ2v) is 6.44. The van der Waals surface area contributed by atoms with E-state index in [0.29, 0.717) is 24.9 Å². The molecule has 4 nitrogen and oxygen atoms in total. The molecule has 7 heteroatoms. The Morgan fingerprint density at radius 3 is 2.54 bits per heavy atom. The van der Waals surface area contributed by atoms with Crippen LogP contribution in [0.3, 0.4) is 0 Å². The van der Waals surface area contributed by atoms with Gasteiger partial charge < -0.3 is 5.11 Å². The van der Waals surface area contributed by atoms with Crippen molar-refractivity contribution in [2.45, 2.75) is 25.1 Å². The highest BCUT2D eigenvalue weighted by Gasteiger charge is 2.38. The molecule has 1 fully saturated rings. The number of aliphatic carboxylic acids is 1. The lowest BCUT2D eigenvalue weighted by molar-refractivity contribution is -0.144. The second-order valence-electron chi connectivity index (χ2n) is 6.44. The van der Waals surface area contributed by atoms with Gasteiger partial charge in [-0.1, -0.05) is 18.2 Å². The molecule has 0 amide bonds. The van der Waals surface area contributed by atoms with E-state index < -0.39 is 29.7 Å². The molecule has 0 aliphatic carbocycles. The molecule has 1 aromatic carbocycles. The molecular formula is C19H19F3N2O2. The van der Waals surface area contributed by atoms with Crippen LogP contribution in [0.1, 0.15) is 35.6 Å². The van der Waals surface area contributed by atoms with Gasteiger partial charge in [0.25, 0.3) is 0 Å². The summed E-state index contributed by atoms with van der Waals surface area (Å²) in [5, 5.41) is 9.35. The average Bonchev–Trinajstić information content (AvgIpc) is 2.63. The van der Waals surface area contributed by atoms with Gasteiger partial charge in [-0.3, -0.25) is 14.7 Å². The topological polar surface area (TPSA) is 53.4 Å². The number of benzene rings is 1. The number of aromatic nitrogens is 1. The number of likely N-dealkylation sites (tertiary alicyclic amines) is 1. The maximum atomic E-state index is 13.6. The van der Waals surface area contributed by atoms with E-state index >= 15 is 0 Å². The Morgan fingerprint density at radius 2 is 1.88 bits per heavy atom. The van der Waals surface area contributed by atoms with Gasteiger partial charge in [0.1, 0.15) is 0 Å². The van der Waals surface area contributed by atoms with E-state index in [-0.39, 0.29) is 12.1 Å². The lowest BCUT2D eigenvalue weighted by Gasteiger charge is -2.38. The molecule has 138 valence electrons. The van der Waals surface area contributed by atoms with E-state index in [9.17, 15) is 23.1 Å². The summed E-state index contributed by atoms with van der Waals surface area (Å²) in [5.74, 6) is -1.49. The molecule has 3 rings (SSSR count). The number of halogens is 3. The number of nitrogens with zero attached hydrogens (tertiary/aromatic N) is 2. The molecule has 1 aliphatic rings. The van der Waals surface area contributed by atoms with Crippen LogP contribution < -0.4 is 0 Å². The monoisotopic (exact) mass is 364 g/mol. The number of carboxylic acids is 1. The van der Waals surface area contributed by atoms with Gasteiger partial charge >= 0.3 is 12.1 Å². The van der Waals surface area contributed by atoms with Gasteiger partial charge in [0, 0.05) is 18.9 Å². The van der Waals surface area contributed by atoms with E-state index in [1.807, 2.05) is 4.90 Å². The second kappa shape index (κ2) is 7.45. The number of piperidine rings is 1. The predicted molar refractivity (Wildman–Crippen MR) is 89.5 cm³/mol. The zero-order valence-corrected chi connectivity index (χ0v) is 14.0. The van der Waals surface area contributed by atoms with Gasteiger partial charge in [0.2, 0.25) is 0 Å². The molecule has 1 aliphatic heterocycles. The molecular weight excluding hydrogens is 345 g/mol. The Hall–Kier alpha value is -2.41. The smallest absolute Gasteiger partial charge is 0.416 e. The van der Waals surface area contributed by atoms with Crippen molar-refractivity contribution < 1.29 is 23.1 Å². The first-order valence-corrected chi connectivity index (χ1v) is 8.41. The zero-order chi connectivity index (χ0) is 18.7. The molecule has 1 N–H and O–H groups in total. The van der Waals surface area contributed by atoms with Gasteiger partial charge in [0.15, 0.2) is 0 Å². The molecule has 2 aromatic rings. The summed E-state index contributed by atoms with van der Waals surface area (Å²) in [4.78, 5) is 17.2. The van der Waals surface area contributed by atoms with Crippen molar-refractivity contribution in [2.24, 2.45) is 5.92 Å². The molecule has 2 atom stereocenters. The maximum Gasteiger partial charge on any atom is 0.416 e. The Balaban J connectivity index is 2.08. The first-order chi connectivity index (χ1) is 12.4. The molecule has 2 unspecified atom stereocenters. The van der Waals surface area contributed by atoms with Gasteiger partial charge in [-0.15, -0.1) is 0 Å². The minimum Gasteiger partial charge on any atom is -0.481 e. The zero-order valence-electron chi connectivity index (χ0n) is 14.0. The lowest BCUT2D eigenvalue weighted by Crippen LogP contribution is -2.41. The van der Waals surface area contributed by atoms with Crippen molar-refractivity contribution in [1.82, 2.24) is 9.88 Å². The number of alkyl halides is 3. The van der Waals surface area contributed by atoms with Crippen LogP contribution in [-0.2, 0) is 11.0 Å². The summed E-state index contributed by atoms with van der Waals surface area (Å²) in [6.07, 6.45) is -0.235. The van der Waals surface area contributed by atoms with Crippen LogP contribution in [0.15, 0.2) is 48.8 Å². The Morgan fingerprint density at radius 1 is 1.19 bits per heavy atom. The van der Waals surface area contributed by atoms with E-state index in [2.05, 4.69) is 4.98 Å². The lowest BCUT2D eigenvalue weighted by atomic mass is 9.89. The fourth-order valence-electron chi connectivity index (χ4n) is 3.57. The highest BCUT2D eigenvalue weighted by molar-refractivity contribution is 5.70. The fraction of sp³-hybridized carbons (Fsp3) is 0.368. The summed E-state index contributed by atoms with van der Waals surface area (Å²) >= 11 is 0. The summed E-state index contributed by atoms with van der Waals surface area (Å²) in [6.45, 7) is 0.761. The average molecular weight is 364 g/mol. The number of carbonyl (C=O) groups is 1. The number of hydrogen-bond acceptors (Lipinski definition) is 3. The first-order valence-electron chi connectivity index (χ1n) is 8.41. The van der Waals surface area contributed by atoms with E-state index in [1.165, 1.54) is 24.5 Å². The van der Waals surface area contributed by atoms with Crippen LogP contribution >= 0.6 is 0 Å². The Kier molecular flexibility index (Phi) is 5.27. The van der Waals surface area contributed by atoms with Crippen LogP contribution in [0.4, 0.5) is 13.2 Å². The van der Waals surface area contributed by atoms with Crippen LogP contribution in [0.2, 0.25) is 0 Å². The molecule has 26 heavy (non-hydrogen) atoms. The van der Waals surface area contributed by atoms with Crippen LogP contribution in [-0.4, -0.2) is 34.0 Å². The number of carboxylic acid groups (broad SMARTS) is 1. The SMILES string of the molecule is O=C(O)C1CCCN(C(c2ccncc2)c2ccccc2C(F)(F)F)C1. The maximum absolute atomic E-state index is 13.6. The highest BCUT2D eigenvalue weighted by atomic mass is 19.4. The standard InChI is InChI=1S/C19H19F3N2O2/c20-19(21,22)16-6-2-1-5-15(16)17(13-7-9-23-10-8-13)24-11-3-4-14(12-24)18(25)26/h1-2,5-10,14,17H,3-4,11-12H2,(H,25,26). The van der Waals surface area contributed by atoms with E-state index in [0.717, 1.165) is 6.07 Å². The van der Waals surface area contributed by atoms with Crippen molar-refractivity contribution in [1.29, 1.82) is 0 Å². The summed E-state index contributed by atoms with van der Waals surface area (Å²) in [6, 6.07) is 8.19. The third-order valence-corrected chi connectivity index (χ3v) is 4.75. The summed E-state index contributed by atoms with van der Waals surface area (Å²) in [5.41, 5.74) is 0.110. The third kappa shape index (κ3) is 3.88. The minimum absolute atomic E-state index is 0.136. The van der Waals surface area contributed by atoms with Crippen LogP contribution in [0, 0.1) is 5.92 Å². The third-order valence-electron chi connectivity index (χ3n) is 4.75. The molecule has 2 heterocycles. The van der Waals surface area contributed by atoms with Crippen LogP contribution in [0.5, 0.6) is 0 Å². The highest BCUT2D eigenvalue weighted by Crippen LogP contribution is 2.40. The summed E-state index contributed by atoms with van der Waals surface area (Å²) < 4.78 is 40.7. The Bertz CT molecular complexity index is 765. The summed E-state index contributed by atoms with van der Waals surface area (Å²) in [7, 11) is 0. The van der Waals surface area contributed by atoms with Crippen molar-refractivity contribution in [3.8, 4) is 0 Å². The van der Waals surface area contributed by atoms with Crippen molar-refractivity contribution >= 4 is 5.97 Å². The van der Waals surface area contributed by atoms with Crippen molar-refractivity contribution in [3.63, 3.8) is 0 Å². The first kappa shape index (κ1) is 18.4. The largest absolute Gasteiger partial charge is 0.481 e. The van der Waals surface area contributed by atoms with Gasteiger partial charge in [-0.05, 0) is 48.7 Å². The fourth-order valence-corrected chi connectivity index (χ4v) is 3.57. The van der Waals surface area contributed by atoms with E-state index in [4.69, 9.17) is 0 Å². The molecule has 1 saturated heterocycles. The number of pyridine rings is 1. The number of hydrogen-bond donors (Lipinski definition) is 1. The number of rotatable bonds is 4. The van der Waals surface area contributed by atoms with Gasteiger partial charge in [-0.2, -0.15) is 13.2 Å². The van der Waals surface area contributed by atoms with Crippen molar-refractivity contribution in [2.75, 3.05) is 13.1 Å². The Labute approximate surface area is 149 Å². The predicted octanol–water partition coefficient (Wildman–Crippen LogP) is 3.99. The molecule has 0 radical (unpaired) electrons. The normalized spacial score (nSPS) is 19.9. The van der Waals surface area contributed by atoms with E-state index in [1.54, 1.807) is 18.2 Å². The minimum atomic E-state index is -4.48. The van der Waals surface area contributed by atoms with Crippen molar-refractivity contribution in [3.05, 3.63) is 65.5 Å². The van der Waals surface area contributed by atoms with Gasteiger partial charge in [0.05, 0.1) is 17.5 Å². The quantitative estimate of drug-likeness (QED) is 0.891. The van der Waals surface area contributed by atoms with Gasteiger partial charge in [-0.25, -0.2) is 0 Å².